The summed E-state index contributed by atoms with van der Waals surface area (Å²) in [6, 6.07) is 22.1. The van der Waals surface area contributed by atoms with Crippen molar-refractivity contribution in [2.75, 3.05) is 31.2 Å². The smallest absolute Gasteiger partial charge is 0.123 e. The molecule has 148 valence electrons. The molecule has 3 aromatic rings. The number of nitrogens with zero attached hydrogens (tertiary/aromatic N) is 1. The van der Waals surface area contributed by atoms with Gasteiger partial charge in [0.2, 0.25) is 0 Å². The minimum atomic E-state index is -0.203. The first-order chi connectivity index (χ1) is 13.2. The third kappa shape index (κ3) is 4.46. The fraction of sp³-hybridized carbons (Fsp3) is 0.304. The Kier molecular flexibility index (Phi) is 6.89. The highest BCUT2D eigenvalue weighted by Gasteiger charge is 2.24. The number of fused-ring (bicyclic) bond motifs is 1. The van der Waals surface area contributed by atoms with Crippen molar-refractivity contribution >= 4 is 28.9 Å². The van der Waals surface area contributed by atoms with Crippen molar-refractivity contribution in [3.8, 4) is 0 Å². The monoisotopic (exact) mass is 400 g/mol. The van der Waals surface area contributed by atoms with Gasteiger partial charge in [-0.15, -0.1) is 12.4 Å². The molecule has 0 radical (unpaired) electrons. The van der Waals surface area contributed by atoms with Gasteiger partial charge in [-0.2, -0.15) is 0 Å². The molecular formula is C23H26ClFN2O. The van der Waals surface area contributed by atoms with Gasteiger partial charge in [-0.1, -0.05) is 42.5 Å². The Balaban J connectivity index is 0.00000225. The molecule has 4 rings (SSSR count). The molecule has 1 fully saturated rings. The van der Waals surface area contributed by atoms with Gasteiger partial charge >= 0.3 is 0 Å². The standard InChI is InChI=1S/C23H25FN2O.ClH/c1-17(22-8-4-6-18-5-2-3-7-23(18)22)25-15-21-16-27-14-13-26(21)20-11-9-19(24)10-12-20;/h2-12,17,21,25H,13-16H2,1H3;1H. The Bertz CT molecular complexity index is 897. The minimum absolute atomic E-state index is 0. The Hall–Kier alpha value is -2.14. The Morgan fingerprint density at radius 1 is 1.07 bits per heavy atom. The predicted octanol–water partition coefficient (Wildman–Crippen LogP) is 4.96. The Morgan fingerprint density at radius 2 is 1.82 bits per heavy atom. The van der Waals surface area contributed by atoms with Crippen LogP contribution < -0.4 is 10.2 Å². The van der Waals surface area contributed by atoms with Crippen molar-refractivity contribution in [3.05, 3.63) is 78.1 Å². The number of hydrogen-bond donors (Lipinski definition) is 1. The van der Waals surface area contributed by atoms with Crippen LogP contribution in [-0.2, 0) is 4.74 Å². The van der Waals surface area contributed by atoms with Crippen LogP contribution in [0.1, 0.15) is 18.5 Å². The van der Waals surface area contributed by atoms with Crippen molar-refractivity contribution in [3.63, 3.8) is 0 Å². The summed E-state index contributed by atoms with van der Waals surface area (Å²) in [5.41, 5.74) is 2.35. The molecule has 0 aromatic heterocycles. The average molecular weight is 401 g/mol. The predicted molar refractivity (Wildman–Crippen MR) is 116 cm³/mol. The van der Waals surface area contributed by atoms with Crippen LogP contribution in [0.3, 0.4) is 0 Å². The number of hydrogen-bond acceptors (Lipinski definition) is 3. The van der Waals surface area contributed by atoms with Gasteiger partial charge in [0.25, 0.3) is 0 Å². The molecule has 0 aliphatic carbocycles. The number of halogens is 2. The second-order valence-corrected chi connectivity index (χ2v) is 7.10. The van der Waals surface area contributed by atoms with Crippen LogP contribution in [0.5, 0.6) is 0 Å². The lowest BCUT2D eigenvalue weighted by Crippen LogP contribution is -2.50. The zero-order chi connectivity index (χ0) is 18.6. The van der Waals surface area contributed by atoms with Crippen molar-refractivity contribution in [2.45, 2.75) is 19.0 Å². The molecule has 1 N–H and O–H groups in total. The largest absolute Gasteiger partial charge is 0.377 e. The fourth-order valence-corrected chi connectivity index (χ4v) is 3.85. The third-order valence-electron chi connectivity index (χ3n) is 5.34. The zero-order valence-corrected chi connectivity index (χ0v) is 16.8. The van der Waals surface area contributed by atoms with Crippen LogP contribution in [0.15, 0.2) is 66.7 Å². The van der Waals surface area contributed by atoms with Crippen molar-refractivity contribution in [1.82, 2.24) is 5.32 Å². The number of morpholine rings is 1. The fourth-order valence-electron chi connectivity index (χ4n) is 3.85. The number of anilines is 1. The molecule has 2 unspecified atom stereocenters. The maximum absolute atomic E-state index is 13.3. The molecule has 1 saturated heterocycles. The highest BCUT2D eigenvalue weighted by Crippen LogP contribution is 2.25. The lowest BCUT2D eigenvalue weighted by atomic mass is 9.99. The molecule has 5 heteroatoms. The van der Waals surface area contributed by atoms with Crippen LogP contribution in [0.4, 0.5) is 10.1 Å². The van der Waals surface area contributed by atoms with Gasteiger partial charge in [-0.3, -0.25) is 0 Å². The van der Waals surface area contributed by atoms with E-state index in [2.05, 4.69) is 59.6 Å². The highest BCUT2D eigenvalue weighted by molar-refractivity contribution is 5.86. The quantitative estimate of drug-likeness (QED) is 0.655. The summed E-state index contributed by atoms with van der Waals surface area (Å²) in [6.07, 6.45) is 0. The van der Waals surface area contributed by atoms with Crippen LogP contribution >= 0.6 is 12.4 Å². The molecule has 1 aliphatic heterocycles. The molecule has 28 heavy (non-hydrogen) atoms. The topological polar surface area (TPSA) is 24.5 Å². The van der Waals surface area contributed by atoms with Gasteiger partial charge in [0, 0.05) is 24.8 Å². The first-order valence-corrected chi connectivity index (χ1v) is 9.53. The molecule has 0 bridgehead atoms. The SMILES string of the molecule is CC(NCC1COCCN1c1ccc(F)cc1)c1cccc2ccccc12.Cl. The van der Waals surface area contributed by atoms with Crippen molar-refractivity contribution in [1.29, 1.82) is 0 Å². The summed E-state index contributed by atoms with van der Waals surface area (Å²) >= 11 is 0. The zero-order valence-electron chi connectivity index (χ0n) is 16.0. The van der Waals surface area contributed by atoms with E-state index in [0.29, 0.717) is 13.2 Å². The van der Waals surface area contributed by atoms with Crippen LogP contribution in [0.25, 0.3) is 10.8 Å². The van der Waals surface area contributed by atoms with E-state index in [9.17, 15) is 4.39 Å². The normalized spacial score (nSPS) is 17.9. The van der Waals surface area contributed by atoms with E-state index in [-0.39, 0.29) is 30.3 Å². The summed E-state index contributed by atoms with van der Waals surface area (Å²) in [5.74, 6) is -0.203. The van der Waals surface area contributed by atoms with Crippen molar-refractivity contribution in [2.24, 2.45) is 0 Å². The second-order valence-electron chi connectivity index (χ2n) is 7.10. The highest BCUT2D eigenvalue weighted by atomic mass is 35.5. The number of ether oxygens (including phenoxy) is 1. The van der Waals surface area contributed by atoms with Crippen LogP contribution in [-0.4, -0.2) is 32.3 Å². The van der Waals surface area contributed by atoms with Gasteiger partial charge in [0.1, 0.15) is 5.82 Å². The summed E-state index contributed by atoms with van der Waals surface area (Å²) in [7, 11) is 0. The van der Waals surface area contributed by atoms with E-state index in [1.54, 1.807) is 0 Å². The summed E-state index contributed by atoms with van der Waals surface area (Å²) in [6.45, 7) is 5.20. The molecule has 3 aromatic carbocycles. The molecule has 0 saturated carbocycles. The molecule has 0 amide bonds. The third-order valence-corrected chi connectivity index (χ3v) is 5.34. The summed E-state index contributed by atoms with van der Waals surface area (Å²) < 4.78 is 19.0. The van der Waals surface area contributed by atoms with E-state index in [1.165, 1.54) is 28.5 Å². The van der Waals surface area contributed by atoms with E-state index in [1.807, 2.05) is 12.1 Å². The molecule has 1 heterocycles. The average Bonchev–Trinajstić information content (AvgIpc) is 2.72. The van der Waals surface area contributed by atoms with Crippen LogP contribution in [0, 0.1) is 5.82 Å². The molecule has 0 spiro atoms. The second kappa shape index (κ2) is 9.37. The summed E-state index contributed by atoms with van der Waals surface area (Å²) in [5, 5.41) is 6.23. The van der Waals surface area contributed by atoms with Gasteiger partial charge in [-0.25, -0.2) is 4.39 Å². The van der Waals surface area contributed by atoms with E-state index in [4.69, 9.17) is 4.74 Å². The van der Waals surface area contributed by atoms with Gasteiger partial charge < -0.3 is 15.0 Å². The van der Waals surface area contributed by atoms with Gasteiger partial charge in [0.15, 0.2) is 0 Å². The summed E-state index contributed by atoms with van der Waals surface area (Å²) in [4.78, 5) is 2.31. The first kappa shape index (κ1) is 20.6. The molecular weight excluding hydrogens is 375 g/mol. The van der Waals surface area contributed by atoms with Crippen molar-refractivity contribution < 1.29 is 9.13 Å². The first-order valence-electron chi connectivity index (χ1n) is 9.53. The molecule has 1 aliphatic rings. The number of nitrogens with one attached hydrogen (secondary N) is 1. The van der Waals surface area contributed by atoms with E-state index >= 15 is 0 Å². The Labute approximate surface area is 171 Å². The van der Waals surface area contributed by atoms with Gasteiger partial charge in [-0.05, 0) is 47.5 Å². The number of rotatable bonds is 5. The maximum atomic E-state index is 13.3. The van der Waals surface area contributed by atoms with E-state index in [0.717, 1.165) is 18.8 Å². The molecule has 2 atom stereocenters. The van der Waals surface area contributed by atoms with E-state index < -0.39 is 0 Å². The minimum Gasteiger partial charge on any atom is -0.377 e. The number of benzene rings is 3. The maximum Gasteiger partial charge on any atom is 0.123 e. The Morgan fingerprint density at radius 3 is 2.64 bits per heavy atom. The van der Waals surface area contributed by atoms with Gasteiger partial charge in [0.05, 0.1) is 19.3 Å². The lowest BCUT2D eigenvalue weighted by molar-refractivity contribution is 0.0930. The molecule has 3 nitrogen and oxygen atoms in total. The van der Waals surface area contributed by atoms with Crippen LogP contribution in [0.2, 0.25) is 0 Å². The lowest BCUT2D eigenvalue weighted by Gasteiger charge is -2.38.